The van der Waals surface area contributed by atoms with Crippen LogP contribution in [0, 0.1) is 11.7 Å². The summed E-state index contributed by atoms with van der Waals surface area (Å²) >= 11 is 0. The number of carbonyl (C=O) groups excluding carboxylic acids is 1. The number of benzene rings is 1. The minimum atomic E-state index is -0.245. The van der Waals surface area contributed by atoms with E-state index >= 15 is 0 Å². The normalized spacial score (nSPS) is 14.5. The van der Waals surface area contributed by atoms with Crippen LogP contribution in [0.1, 0.15) is 38.7 Å². The summed E-state index contributed by atoms with van der Waals surface area (Å²) in [5.41, 5.74) is 0.972. The van der Waals surface area contributed by atoms with Crippen molar-refractivity contribution in [3.8, 4) is 0 Å². The smallest absolute Gasteiger partial charge is 0.225 e. The highest BCUT2D eigenvalue weighted by atomic mass is 19.1. The molecule has 2 rings (SSSR count). The molecule has 1 amide bonds. The highest BCUT2D eigenvalue weighted by Gasteiger charge is 2.32. The summed E-state index contributed by atoms with van der Waals surface area (Å²) in [4.78, 5) is 14.2. The van der Waals surface area contributed by atoms with Crippen LogP contribution in [-0.2, 0) is 16.1 Å². The third-order valence-corrected chi connectivity index (χ3v) is 3.49. The number of amides is 1. The molecule has 0 spiro atoms. The zero-order chi connectivity index (χ0) is 15.2. The van der Waals surface area contributed by atoms with Crippen molar-refractivity contribution in [2.24, 2.45) is 5.92 Å². The van der Waals surface area contributed by atoms with Crippen molar-refractivity contribution in [2.45, 2.75) is 45.7 Å². The maximum Gasteiger partial charge on any atom is 0.225 e. The third-order valence-electron chi connectivity index (χ3n) is 3.49. The van der Waals surface area contributed by atoms with Crippen molar-refractivity contribution in [3.05, 3.63) is 35.6 Å². The molecule has 1 aromatic rings. The average Bonchev–Trinajstić information content (AvgIpc) is 3.27. The molecule has 0 bridgehead atoms. The Kier molecular flexibility index (Phi) is 5.74. The third kappa shape index (κ3) is 5.46. The Morgan fingerprint density at radius 1 is 1.33 bits per heavy atom. The lowest BCUT2D eigenvalue weighted by Gasteiger charge is -2.22. The highest BCUT2D eigenvalue weighted by Crippen LogP contribution is 2.29. The van der Waals surface area contributed by atoms with Gasteiger partial charge in [-0.15, -0.1) is 0 Å². The molecule has 0 unspecified atom stereocenters. The topological polar surface area (TPSA) is 29.5 Å². The van der Waals surface area contributed by atoms with E-state index in [2.05, 4.69) is 13.8 Å². The maximum atomic E-state index is 12.9. The lowest BCUT2D eigenvalue weighted by Crippen LogP contribution is -2.33. The zero-order valence-corrected chi connectivity index (χ0v) is 12.8. The Hall–Kier alpha value is -1.42. The van der Waals surface area contributed by atoms with E-state index < -0.39 is 0 Å². The molecule has 0 atom stereocenters. The second-order valence-electron chi connectivity index (χ2n) is 6.10. The lowest BCUT2D eigenvalue weighted by molar-refractivity contribution is -0.133. The summed E-state index contributed by atoms with van der Waals surface area (Å²) in [7, 11) is 0. The van der Waals surface area contributed by atoms with Gasteiger partial charge in [0.25, 0.3) is 0 Å². The van der Waals surface area contributed by atoms with E-state index in [9.17, 15) is 9.18 Å². The van der Waals surface area contributed by atoms with Crippen LogP contribution >= 0.6 is 0 Å². The number of ether oxygens (including phenoxy) is 1. The van der Waals surface area contributed by atoms with E-state index in [4.69, 9.17) is 4.74 Å². The molecule has 0 radical (unpaired) electrons. The van der Waals surface area contributed by atoms with Crippen LogP contribution in [0.2, 0.25) is 0 Å². The van der Waals surface area contributed by atoms with Gasteiger partial charge in [-0.05, 0) is 36.5 Å². The molecule has 0 saturated heterocycles. The summed E-state index contributed by atoms with van der Waals surface area (Å²) in [6, 6.07) is 6.72. The molecule has 1 aliphatic rings. The van der Waals surface area contributed by atoms with Crippen molar-refractivity contribution in [3.63, 3.8) is 0 Å². The molecule has 1 aliphatic carbocycles. The number of hydrogen-bond acceptors (Lipinski definition) is 2. The van der Waals surface area contributed by atoms with E-state index in [-0.39, 0.29) is 11.7 Å². The van der Waals surface area contributed by atoms with E-state index in [0.29, 0.717) is 38.1 Å². The van der Waals surface area contributed by atoms with Gasteiger partial charge >= 0.3 is 0 Å². The van der Waals surface area contributed by atoms with Crippen molar-refractivity contribution in [1.82, 2.24) is 4.90 Å². The van der Waals surface area contributed by atoms with E-state index in [1.165, 1.54) is 12.1 Å². The van der Waals surface area contributed by atoms with Crippen LogP contribution < -0.4 is 0 Å². The van der Waals surface area contributed by atoms with Crippen LogP contribution in [0.5, 0.6) is 0 Å². The first kappa shape index (κ1) is 16.0. The van der Waals surface area contributed by atoms with Gasteiger partial charge < -0.3 is 9.64 Å². The van der Waals surface area contributed by atoms with E-state index in [1.807, 2.05) is 4.90 Å². The molecule has 4 heteroatoms. The first-order chi connectivity index (χ1) is 10.1. The van der Waals surface area contributed by atoms with Crippen LogP contribution in [-0.4, -0.2) is 30.1 Å². The molecule has 0 N–H and O–H groups in total. The molecule has 1 saturated carbocycles. The average molecular weight is 293 g/mol. The fraction of sp³-hybridized carbons (Fsp3) is 0.588. The first-order valence-corrected chi connectivity index (χ1v) is 7.68. The summed E-state index contributed by atoms with van der Waals surface area (Å²) in [6.07, 6.45) is 2.56. The molecule has 3 nitrogen and oxygen atoms in total. The summed E-state index contributed by atoms with van der Waals surface area (Å²) in [6.45, 7) is 5.91. The Bertz CT molecular complexity index is 454. The highest BCUT2D eigenvalue weighted by molar-refractivity contribution is 5.77. The van der Waals surface area contributed by atoms with Crippen molar-refractivity contribution >= 4 is 5.91 Å². The molecule has 21 heavy (non-hydrogen) atoms. The van der Waals surface area contributed by atoms with Gasteiger partial charge in [-0.3, -0.25) is 4.79 Å². The number of rotatable bonds is 8. The fourth-order valence-electron chi connectivity index (χ4n) is 2.22. The molecule has 1 fully saturated rings. The van der Waals surface area contributed by atoms with Crippen LogP contribution in [0.25, 0.3) is 0 Å². The first-order valence-electron chi connectivity index (χ1n) is 7.68. The van der Waals surface area contributed by atoms with Gasteiger partial charge in [0.05, 0.1) is 13.0 Å². The maximum absolute atomic E-state index is 12.9. The van der Waals surface area contributed by atoms with Crippen LogP contribution in [0.3, 0.4) is 0 Å². The Morgan fingerprint density at radius 3 is 2.57 bits per heavy atom. The van der Waals surface area contributed by atoms with E-state index in [0.717, 1.165) is 18.4 Å². The monoisotopic (exact) mass is 293 g/mol. The number of nitrogens with zero attached hydrogens (tertiary/aromatic N) is 1. The molecule has 0 aromatic heterocycles. The lowest BCUT2D eigenvalue weighted by atomic mass is 10.2. The SMILES string of the molecule is CC(C)COCCC(=O)N(Cc1ccc(F)cc1)C1CC1. The fourth-order valence-corrected chi connectivity index (χ4v) is 2.22. The van der Waals surface area contributed by atoms with Crippen molar-refractivity contribution in [2.75, 3.05) is 13.2 Å². The minimum absolute atomic E-state index is 0.130. The van der Waals surface area contributed by atoms with Gasteiger partial charge in [0.15, 0.2) is 0 Å². The molecule has 1 aromatic carbocycles. The quantitative estimate of drug-likeness (QED) is 0.688. The van der Waals surface area contributed by atoms with Crippen molar-refractivity contribution < 1.29 is 13.9 Å². The second kappa shape index (κ2) is 7.55. The van der Waals surface area contributed by atoms with Gasteiger partial charge in [-0.1, -0.05) is 26.0 Å². The summed E-state index contributed by atoms with van der Waals surface area (Å²) in [5, 5.41) is 0. The predicted molar refractivity (Wildman–Crippen MR) is 80.2 cm³/mol. The number of hydrogen-bond donors (Lipinski definition) is 0. The summed E-state index contributed by atoms with van der Waals surface area (Å²) < 4.78 is 18.4. The number of carbonyl (C=O) groups is 1. The van der Waals surface area contributed by atoms with E-state index in [1.54, 1.807) is 12.1 Å². The molecule has 0 aliphatic heterocycles. The van der Waals surface area contributed by atoms with Crippen LogP contribution in [0.4, 0.5) is 4.39 Å². The predicted octanol–water partition coefficient (Wildman–Crippen LogP) is 3.38. The van der Waals surface area contributed by atoms with Gasteiger partial charge in [-0.25, -0.2) is 4.39 Å². The van der Waals surface area contributed by atoms with Gasteiger partial charge in [0.1, 0.15) is 5.82 Å². The zero-order valence-electron chi connectivity index (χ0n) is 12.8. The molecular formula is C17H24FNO2. The minimum Gasteiger partial charge on any atom is -0.381 e. The Labute approximate surface area is 126 Å². The van der Waals surface area contributed by atoms with Gasteiger partial charge in [-0.2, -0.15) is 0 Å². The second-order valence-corrected chi connectivity index (χ2v) is 6.10. The standard InChI is InChI=1S/C17H24FNO2/c1-13(2)12-21-10-9-17(20)19(16-7-8-16)11-14-3-5-15(18)6-4-14/h3-6,13,16H,7-12H2,1-2H3. The Morgan fingerprint density at radius 2 is 2.00 bits per heavy atom. The van der Waals surface area contributed by atoms with Gasteiger partial charge in [0, 0.05) is 19.2 Å². The molecule has 116 valence electrons. The number of halogens is 1. The molecular weight excluding hydrogens is 269 g/mol. The van der Waals surface area contributed by atoms with Gasteiger partial charge in [0.2, 0.25) is 5.91 Å². The van der Waals surface area contributed by atoms with Crippen molar-refractivity contribution in [1.29, 1.82) is 0 Å². The Balaban J connectivity index is 1.83. The van der Waals surface area contributed by atoms with Crippen LogP contribution in [0.15, 0.2) is 24.3 Å². The largest absolute Gasteiger partial charge is 0.381 e. The summed E-state index contributed by atoms with van der Waals surface area (Å²) in [5.74, 6) is 0.370. The molecule has 0 heterocycles.